The maximum absolute atomic E-state index is 12.9. The second-order valence-corrected chi connectivity index (χ2v) is 2.95. The number of nitrogens with zero attached hydrogens (tertiary/aromatic N) is 2. The van der Waals surface area contributed by atoms with Crippen molar-refractivity contribution in [3.63, 3.8) is 0 Å². The molecule has 2 aromatic heterocycles. The van der Waals surface area contributed by atoms with Crippen molar-refractivity contribution < 1.29 is 9.13 Å². The van der Waals surface area contributed by atoms with Crippen molar-refractivity contribution in [2.75, 3.05) is 12.8 Å². The normalized spacial score (nSPS) is 11.0. The Morgan fingerprint density at radius 1 is 1.57 bits per heavy atom. The van der Waals surface area contributed by atoms with E-state index in [1.807, 2.05) is 0 Å². The van der Waals surface area contributed by atoms with E-state index in [0.717, 1.165) is 0 Å². The average molecular weight is 195 g/mol. The summed E-state index contributed by atoms with van der Waals surface area (Å²) >= 11 is 0. The molecule has 14 heavy (non-hydrogen) atoms. The van der Waals surface area contributed by atoms with Crippen molar-refractivity contribution >= 4 is 11.5 Å². The molecule has 0 unspecified atom stereocenters. The van der Waals surface area contributed by atoms with Crippen LogP contribution in [0.3, 0.4) is 0 Å². The van der Waals surface area contributed by atoms with Gasteiger partial charge in [-0.25, -0.2) is 9.37 Å². The molecular formula is C9H10FN3O. The molecule has 0 radical (unpaired) electrons. The van der Waals surface area contributed by atoms with E-state index in [2.05, 4.69) is 4.98 Å². The van der Waals surface area contributed by atoms with Crippen molar-refractivity contribution in [2.24, 2.45) is 0 Å². The predicted octanol–water partition coefficient (Wildman–Crippen LogP) is 1.20. The van der Waals surface area contributed by atoms with Gasteiger partial charge in [-0.15, -0.1) is 0 Å². The molecule has 0 aliphatic carbocycles. The molecule has 0 bridgehead atoms. The van der Waals surface area contributed by atoms with Gasteiger partial charge in [0.25, 0.3) is 0 Å². The second kappa shape index (κ2) is 3.26. The first kappa shape index (κ1) is 8.96. The number of nitrogen functional groups attached to an aromatic ring is 1. The standard InChI is InChI=1S/C9H10FN3O/c1-14-5-7-9(11)13-4-6(10)2-3-8(13)12-7/h2-4H,5,11H2,1H3. The third-order valence-electron chi connectivity index (χ3n) is 1.98. The summed E-state index contributed by atoms with van der Waals surface area (Å²) in [6, 6.07) is 2.92. The van der Waals surface area contributed by atoms with Crippen LogP contribution in [0.5, 0.6) is 0 Å². The average Bonchev–Trinajstić information content (AvgIpc) is 2.46. The number of hydrogen-bond acceptors (Lipinski definition) is 3. The Morgan fingerprint density at radius 3 is 3.07 bits per heavy atom. The summed E-state index contributed by atoms with van der Waals surface area (Å²) in [5.74, 6) is 0.0758. The third kappa shape index (κ3) is 1.31. The number of aromatic nitrogens is 2. The van der Waals surface area contributed by atoms with E-state index in [-0.39, 0.29) is 5.82 Å². The van der Waals surface area contributed by atoms with Crippen molar-refractivity contribution in [3.8, 4) is 0 Å². The highest BCUT2D eigenvalue weighted by molar-refractivity contribution is 5.52. The van der Waals surface area contributed by atoms with Crippen LogP contribution in [0.2, 0.25) is 0 Å². The molecule has 0 aromatic carbocycles. The van der Waals surface area contributed by atoms with E-state index in [9.17, 15) is 4.39 Å². The van der Waals surface area contributed by atoms with Crippen LogP contribution in [0.1, 0.15) is 5.69 Å². The van der Waals surface area contributed by atoms with Gasteiger partial charge >= 0.3 is 0 Å². The topological polar surface area (TPSA) is 52.5 Å². The first-order chi connectivity index (χ1) is 6.72. The predicted molar refractivity (Wildman–Crippen MR) is 50.3 cm³/mol. The Bertz CT molecular complexity index is 466. The van der Waals surface area contributed by atoms with Crippen molar-refractivity contribution in [1.29, 1.82) is 0 Å². The molecule has 2 N–H and O–H groups in total. The minimum atomic E-state index is -0.342. The lowest BCUT2D eigenvalue weighted by Gasteiger charge is -1.97. The highest BCUT2D eigenvalue weighted by Crippen LogP contribution is 2.15. The van der Waals surface area contributed by atoms with Crippen molar-refractivity contribution in [1.82, 2.24) is 9.38 Å². The monoisotopic (exact) mass is 195 g/mol. The van der Waals surface area contributed by atoms with Crippen LogP contribution < -0.4 is 5.73 Å². The Labute approximate surface area is 80.1 Å². The highest BCUT2D eigenvalue weighted by Gasteiger charge is 2.08. The maximum Gasteiger partial charge on any atom is 0.140 e. The molecule has 0 aliphatic heterocycles. The maximum atomic E-state index is 12.9. The zero-order valence-corrected chi connectivity index (χ0v) is 7.70. The third-order valence-corrected chi connectivity index (χ3v) is 1.98. The van der Waals surface area contributed by atoms with E-state index in [1.165, 1.54) is 16.7 Å². The number of ether oxygens (including phenoxy) is 1. The molecule has 0 spiro atoms. The van der Waals surface area contributed by atoms with Gasteiger partial charge in [-0.3, -0.25) is 4.40 Å². The molecule has 2 rings (SSSR count). The van der Waals surface area contributed by atoms with Gasteiger partial charge in [-0.05, 0) is 12.1 Å². The molecule has 2 heterocycles. The van der Waals surface area contributed by atoms with E-state index in [0.29, 0.717) is 23.8 Å². The number of halogens is 1. The minimum Gasteiger partial charge on any atom is -0.383 e. The lowest BCUT2D eigenvalue weighted by Crippen LogP contribution is -1.97. The fraction of sp³-hybridized carbons (Fsp3) is 0.222. The smallest absolute Gasteiger partial charge is 0.140 e. The molecule has 0 aliphatic rings. The van der Waals surface area contributed by atoms with Crippen LogP contribution in [0.25, 0.3) is 5.65 Å². The zero-order valence-electron chi connectivity index (χ0n) is 7.70. The van der Waals surface area contributed by atoms with E-state index in [4.69, 9.17) is 10.5 Å². The molecule has 74 valence electrons. The number of fused-ring (bicyclic) bond motifs is 1. The molecule has 0 saturated heterocycles. The van der Waals surface area contributed by atoms with E-state index >= 15 is 0 Å². The summed E-state index contributed by atoms with van der Waals surface area (Å²) in [6.45, 7) is 0.329. The molecule has 0 atom stereocenters. The summed E-state index contributed by atoms with van der Waals surface area (Å²) in [4.78, 5) is 4.19. The van der Waals surface area contributed by atoms with E-state index < -0.39 is 0 Å². The van der Waals surface area contributed by atoms with Crippen LogP contribution in [-0.2, 0) is 11.3 Å². The van der Waals surface area contributed by atoms with Gasteiger partial charge in [-0.1, -0.05) is 0 Å². The number of pyridine rings is 1. The second-order valence-electron chi connectivity index (χ2n) is 2.95. The van der Waals surface area contributed by atoms with Crippen LogP contribution in [-0.4, -0.2) is 16.5 Å². The molecule has 0 fully saturated rings. The summed E-state index contributed by atoms with van der Waals surface area (Å²) < 4.78 is 19.3. The number of methoxy groups -OCH3 is 1. The largest absolute Gasteiger partial charge is 0.383 e. The van der Waals surface area contributed by atoms with Gasteiger partial charge in [0, 0.05) is 13.3 Å². The summed E-state index contributed by atoms with van der Waals surface area (Å²) in [7, 11) is 1.56. The fourth-order valence-corrected chi connectivity index (χ4v) is 1.33. The SMILES string of the molecule is COCc1nc2ccc(F)cn2c1N. The van der Waals surface area contributed by atoms with Crippen molar-refractivity contribution in [2.45, 2.75) is 6.61 Å². The Kier molecular flexibility index (Phi) is 2.09. The van der Waals surface area contributed by atoms with Crippen LogP contribution in [0, 0.1) is 5.82 Å². The zero-order chi connectivity index (χ0) is 10.1. The highest BCUT2D eigenvalue weighted by atomic mass is 19.1. The molecule has 0 saturated carbocycles. The number of nitrogens with two attached hydrogens (primary N) is 1. The lowest BCUT2D eigenvalue weighted by molar-refractivity contribution is 0.182. The van der Waals surface area contributed by atoms with E-state index in [1.54, 1.807) is 13.2 Å². The van der Waals surface area contributed by atoms with Crippen molar-refractivity contribution in [3.05, 3.63) is 29.8 Å². The number of imidazole rings is 1. The molecular weight excluding hydrogens is 185 g/mol. The molecule has 4 nitrogen and oxygen atoms in total. The van der Waals surface area contributed by atoms with Gasteiger partial charge in [0.05, 0.1) is 6.61 Å². The fourth-order valence-electron chi connectivity index (χ4n) is 1.33. The van der Waals surface area contributed by atoms with Crippen LogP contribution in [0.4, 0.5) is 10.2 Å². The van der Waals surface area contributed by atoms with Gasteiger partial charge in [0.15, 0.2) is 0 Å². The number of hydrogen-bond donors (Lipinski definition) is 1. The Hall–Kier alpha value is -1.62. The van der Waals surface area contributed by atoms with Gasteiger partial charge in [0.2, 0.25) is 0 Å². The molecule has 2 aromatic rings. The molecule has 5 heteroatoms. The molecule has 0 amide bonds. The van der Waals surface area contributed by atoms with Gasteiger partial charge in [0.1, 0.15) is 23.0 Å². The summed E-state index contributed by atoms with van der Waals surface area (Å²) in [6.07, 6.45) is 1.30. The first-order valence-electron chi connectivity index (χ1n) is 4.13. The Morgan fingerprint density at radius 2 is 2.36 bits per heavy atom. The summed E-state index contributed by atoms with van der Waals surface area (Å²) in [5.41, 5.74) is 6.99. The number of anilines is 1. The lowest BCUT2D eigenvalue weighted by atomic mass is 10.4. The van der Waals surface area contributed by atoms with Gasteiger partial charge < -0.3 is 10.5 Å². The summed E-state index contributed by atoms with van der Waals surface area (Å²) in [5, 5.41) is 0. The van der Waals surface area contributed by atoms with Gasteiger partial charge in [-0.2, -0.15) is 0 Å². The Balaban J connectivity index is 2.62. The van der Waals surface area contributed by atoms with Crippen LogP contribution in [0.15, 0.2) is 18.3 Å². The quantitative estimate of drug-likeness (QED) is 0.783. The van der Waals surface area contributed by atoms with Crippen LogP contribution >= 0.6 is 0 Å². The first-order valence-corrected chi connectivity index (χ1v) is 4.13. The minimum absolute atomic E-state index is 0.329. The number of rotatable bonds is 2.